The number of hydrogen-bond donors (Lipinski definition) is 0. The van der Waals surface area contributed by atoms with Crippen molar-refractivity contribution in [3.63, 3.8) is 0 Å². The summed E-state index contributed by atoms with van der Waals surface area (Å²) in [6.07, 6.45) is 1.55. The number of carbonyl (C=O) groups is 2. The molecule has 1 amide bonds. The number of likely N-dealkylation sites (tertiary alicyclic amines) is 1. The molecular weight excluding hydrogens is 404 g/mol. The van der Waals surface area contributed by atoms with Crippen LogP contribution >= 0.6 is 0 Å². The summed E-state index contributed by atoms with van der Waals surface area (Å²) in [5, 5.41) is 11.4. The van der Waals surface area contributed by atoms with Gasteiger partial charge >= 0.3 is 5.97 Å². The van der Waals surface area contributed by atoms with Gasteiger partial charge in [-0.2, -0.15) is 0 Å². The lowest BCUT2D eigenvalue weighted by atomic mass is 10.0. The number of non-ortho nitro benzene ring substituents is 1. The number of carbonyl (C=O) groups excluding carboxylic acids is 2. The lowest BCUT2D eigenvalue weighted by Crippen LogP contribution is -2.31. The predicted molar refractivity (Wildman–Crippen MR) is 109 cm³/mol. The first-order valence-electron chi connectivity index (χ1n) is 10.1. The monoisotopic (exact) mass is 426 g/mol. The number of fused-ring (bicyclic) bond motifs is 1. The van der Waals surface area contributed by atoms with E-state index in [-0.39, 0.29) is 35.4 Å². The minimum Gasteiger partial charge on any atom is -0.486 e. The zero-order valence-electron chi connectivity index (χ0n) is 17.0. The molecule has 9 nitrogen and oxygen atoms in total. The molecule has 162 valence electrons. The highest BCUT2D eigenvalue weighted by Gasteiger charge is 2.32. The molecule has 2 aromatic rings. The maximum Gasteiger partial charge on any atom is 0.338 e. The number of nitro benzene ring substituents is 1. The van der Waals surface area contributed by atoms with Crippen molar-refractivity contribution < 1.29 is 28.7 Å². The topological polar surface area (TPSA) is 108 Å². The van der Waals surface area contributed by atoms with Crippen molar-refractivity contribution >= 4 is 17.6 Å². The molecule has 0 N–H and O–H groups in total. The molecular formula is C22H22N2O7. The van der Waals surface area contributed by atoms with E-state index in [0.717, 1.165) is 24.5 Å². The fourth-order valence-corrected chi connectivity index (χ4v) is 3.96. The van der Waals surface area contributed by atoms with E-state index in [1.165, 1.54) is 12.1 Å². The fraction of sp³-hybridized carbons (Fsp3) is 0.364. The van der Waals surface area contributed by atoms with Crippen LogP contribution in [-0.4, -0.2) is 48.1 Å². The summed E-state index contributed by atoms with van der Waals surface area (Å²) >= 11 is 0. The Balaban J connectivity index is 1.65. The van der Waals surface area contributed by atoms with E-state index < -0.39 is 10.9 Å². The number of amides is 1. The summed E-state index contributed by atoms with van der Waals surface area (Å²) in [4.78, 5) is 37.9. The molecule has 0 radical (unpaired) electrons. The number of rotatable bonds is 5. The average Bonchev–Trinajstić information content (AvgIpc) is 3.28. The van der Waals surface area contributed by atoms with Crippen LogP contribution in [0, 0.1) is 10.1 Å². The van der Waals surface area contributed by atoms with Gasteiger partial charge in [0.15, 0.2) is 11.5 Å². The molecule has 0 spiro atoms. The van der Waals surface area contributed by atoms with Gasteiger partial charge in [-0.15, -0.1) is 0 Å². The van der Waals surface area contributed by atoms with Crippen molar-refractivity contribution in [3.8, 4) is 11.5 Å². The SMILES string of the molecule is CCOC(=O)c1cc(C(=O)N2CCC[C@H]2c2ccc3c(c2)OCCO3)cc([N+](=O)[O-])c1. The molecule has 2 aromatic carbocycles. The van der Waals surface area contributed by atoms with Gasteiger partial charge in [0, 0.05) is 24.2 Å². The van der Waals surface area contributed by atoms with E-state index in [1.807, 2.05) is 18.2 Å². The third kappa shape index (κ3) is 4.16. The molecule has 1 saturated heterocycles. The molecule has 4 rings (SSSR count). The summed E-state index contributed by atoms with van der Waals surface area (Å²) in [5.74, 6) is 0.239. The van der Waals surface area contributed by atoms with Crippen LogP contribution in [0.25, 0.3) is 0 Å². The second-order valence-corrected chi connectivity index (χ2v) is 7.31. The van der Waals surface area contributed by atoms with Gasteiger partial charge in [-0.3, -0.25) is 14.9 Å². The molecule has 0 saturated carbocycles. The molecule has 2 aliphatic rings. The molecule has 0 unspecified atom stereocenters. The number of hydrogen-bond acceptors (Lipinski definition) is 7. The summed E-state index contributed by atoms with van der Waals surface area (Å²) in [7, 11) is 0. The molecule has 9 heteroatoms. The quantitative estimate of drug-likeness (QED) is 0.409. The van der Waals surface area contributed by atoms with Crippen molar-refractivity contribution in [2.75, 3.05) is 26.4 Å². The molecule has 1 atom stereocenters. The van der Waals surface area contributed by atoms with Crippen LogP contribution in [0.4, 0.5) is 5.69 Å². The zero-order chi connectivity index (χ0) is 22.0. The summed E-state index contributed by atoms with van der Waals surface area (Å²) in [6.45, 7) is 3.24. The summed E-state index contributed by atoms with van der Waals surface area (Å²) < 4.78 is 16.2. The van der Waals surface area contributed by atoms with E-state index in [0.29, 0.717) is 31.3 Å². The predicted octanol–water partition coefficient (Wildman–Crippen LogP) is 3.52. The molecule has 2 aliphatic heterocycles. The van der Waals surface area contributed by atoms with Gasteiger partial charge in [-0.05, 0) is 43.5 Å². The van der Waals surface area contributed by atoms with Crippen molar-refractivity contribution in [1.82, 2.24) is 4.90 Å². The third-order valence-corrected chi connectivity index (χ3v) is 5.35. The van der Waals surface area contributed by atoms with Gasteiger partial charge in [-0.1, -0.05) is 6.07 Å². The van der Waals surface area contributed by atoms with Crippen molar-refractivity contribution in [2.24, 2.45) is 0 Å². The normalized spacial score (nSPS) is 17.3. The van der Waals surface area contributed by atoms with Crippen LogP contribution in [0.15, 0.2) is 36.4 Å². The number of nitrogens with zero attached hydrogens (tertiary/aromatic N) is 2. The standard InChI is InChI=1S/C22H22N2O7/c1-2-29-22(26)16-10-15(11-17(12-16)24(27)28)21(25)23-7-3-4-18(23)14-5-6-19-20(13-14)31-9-8-30-19/h5-6,10-13,18H,2-4,7-9H2,1H3/t18-/m0/s1. The molecule has 31 heavy (non-hydrogen) atoms. The van der Waals surface area contributed by atoms with Gasteiger partial charge in [0.1, 0.15) is 13.2 Å². The first kappa shape index (κ1) is 20.6. The van der Waals surface area contributed by atoms with Gasteiger partial charge in [0.2, 0.25) is 0 Å². The number of esters is 1. The second-order valence-electron chi connectivity index (χ2n) is 7.31. The minimum atomic E-state index is -0.704. The Morgan fingerprint density at radius 1 is 1.13 bits per heavy atom. The highest BCUT2D eigenvalue weighted by atomic mass is 16.6. The van der Waals surface area contributed by atoms with E-state index in [1.54, 1.807) is 11.8 Å². The highest BCUT2D eigenvalue weighted by molar-refractivity contribution is 5.99. The first-order valence-corrected chi connectivity index (χ1v) is 10.1. The summed E-state index contributed by atoms with van der Waals surface area (Å²) in [5.41, 5.74) is 0.645. The molecule has 0 aromatic heterocycles. The number of benzene rings is 2. The smallest absolute Gasteiger partial charge is 0.338 e. The Kier molecular flexibility index (Phi) is 5.75. The molecule has 0 aliphatic carbocycles. The zero-order valence-corrected chi connectivity index (χ0v) is 17.0. The Hall–Kier alpha value is -3.62. The van der Waals surface area contributed by atoms with E-state index >= 15 is 0 Å². The Morgan fingerprint density at radius 2 is 1.87 bits per heavy atom. The van der Waals surface area contributed by atoms with Gasteiger partial charge in [0.05, 0.1) is 23.1 Å². The molecule has 1 fully saturated rings. The van der Waals surface area contributed by atoms with Crippen LogP contribution in [0.1, 0.15) is 52.1 Å². The third-order valence-electron chi connectivity index (χ3n) is 5.35. The number of nitro groups is 1. The van der Waals surface area contributed by atoms with Gasteiger partial charge < -0.3 is 19.1 Å². The van der Waals surface area contributed by atoms with Gasteiger partial charge in [0.25, 0.3) is 11.6 Å². The largest absolute Gasteiger partial charge is 0.486 e. The lowest BCUT2D eigenvalue weighted by Gasteiger charge is -2.27. The average molecular weight is 426 g/mol. The van der Waals surface area contributed by atoms with Crippen LogP contribution in [0.2, 0.25) is 0 Å². The maximum absolute atomic E-state index is 13.3. The van der Waals surface area contributed by atoms with Crippen molar-refractivity contribution in [3.05, 3.63) is 63.2 Å². The van der Waals surface area contributed by atoms with E-state index in [9.17, 15) is 19.7 Å². The maximum atomic E-state index is 13.3. The van der Waals surface area contributed by atoms with Crippen LogP contribution in [0.3, 0.4) is 0 Å². The van der Waals surface area contributed by atoms with Crippen molar-refractivity contribution in [1.29, 1.82) is 0 Å². The first-order chi connectivity index (χ1) is 15.0. The Bertz CT molecular complexity index is 1040. The Labute approximate surface area is 178 Å². The van der Waals surface area contributed by atoms with Crippen LogP contribution in [0.5, 0.6) is 11.5 Å². The summed E-state index contributed by atoms with van der Waals surface area (Å²) in [6, 6.07) is 9.09. The van der Waals surface area contributed by atoms with E-state index in [4.69, 9.17) is 14.2 Å². The Morgan fingerprint density at radius 3 is 2.61 bits per heavy atom. The highest BCUT2D eigenvalue weighted by Crippen LogP contribution is 2.39. The minimum absolute atomic E-state index is 0.0190. The fourth-order valence-electron chi connectivity index (χ4n) is 3.96. The second kappa shape index (κ2) is 8.63. The van der Waals surface area contributed by atoms with E-state index in [2.05, 4.69) is 0 Å². The molecule has 0 bridgehead atoms. The molecule has 2 heterocycles. The van der Waals surface area contributed by atoms with Crippen molar-refractivity contribution in [2.45, 2.75) is 25.8 Å². The van der Waals surface area contributed by atoms with Crippen LogP contribution < -0.4 is 9.47 Å². The lowest BCUT2D eigenvalue weighted by molar-refractivity contribution is -0.384. The van der Waals surface area contributed by atoms with Crippen LogP contribution in [-0.2, 0) is 4.74 Å². The number of ether oxygens (including phenoxy) is 3. The van der Waals surface area contributed by atoms with Gasteiger partial charge in [-0.25, -0.2) is 4.79 Å².